The highest BCUT2D eigenvalue weighted by atomic mass is 35.5. The van der Waals surface area contributed by atoms with Gasteiger partial charge in [0.15, 0.2) is 0 Å². The number of anilines is 1. The smallest absolute Gasteiger partial charge is 0.271 e. The summed E-state index contributed by atoms with van der Waals surface area (Å²) >= 11 is 6.76. The number of carbonyl (C=O) groups excluding carboxylic acids is 1. The van der Waals surface area contributed by atoms with E-state index >= 15 is 0 Å². The van der Waals surface area contributed by atoms with E-state index in [1.807, 2.05) is 30.3 Å². The maximum absolute atomic E-state index is 12.3. The molecule has 1 amide bonds. The number of thiophene rings is 1. The molecular weight excluding hydrogens is 392 g/mol. The number of carbonyl (C=O) groups is 1. The van der Waals surface area contributed by atoms with Gasteiger partial charge in [0.1, 0.15) is 4.21 Å². The van der Waals surface area contributed by atoms with E-state index in [4.69, 9.17) is 11.6 Å². The van der Waals surface area contributed by atoms with Gasteiger partial charge in [0.05, 0.1) is 4.34 Å². The Bertz CT molecular complexity index is 1020. The van der Waals surface area contributed by atoms with Gasteiger partial charge in [-0.25, -0.2) is 8.42 Å². The highest BCUT2D eigenvalue weighted by Gasteiger charge is 2.17. The highest BCUT2D eigenvalue weighted by Crippen LogP contribution is 2.27. The minimum Gasteiger partial charge on any atom is -0.348 e. The number of rotatable bonds is 6. The summed E-state index contributed by atoms with van der Waals surface area (Å²) in [4.78, 5) is 12.3. The fraction of sp³-hybridized carbons (Fsp3) is 0.0556. The van der Waals surface area contributed by atoms with E-state index in [2.05, 4.69) is 10.0 Å². The fourth-order valence-electron chi connectivity index (χ4n) is 2.25. The maximum atomic E-state index is 12.3. The van der Waals surface area contributed by atoms with E-state index in [1.54, 1.807) is 18.2 Å². The summed E-state index contributed by atoms with van der Waals surface area (Å²) in [5, 5.41) is 2.81. The number of sulfonamides is 1. The van der Waals surface area contributed by atoms with Crippen molar-refractivity contribution in [2.75, 3.05) is 4.72 Å². The summed E-state index contributed by atoms with van der Waals surface area (Å²) < 4.78 is 27.7. The normalized spacial score (nSPS) is 11.1. The molecule has 0 bridgehead atoms. The summed E-state index contributed by atoms with van der Waals surface area (Å²) in [5.74, 6) is -0.283. The topological polar surface area (TPSA) is 75.3 Å². The molecule has 1 heterocycles. The number of hydrogen-bond donors (Lipinski definition) is 2. The summed E-state index contributed by atoms with van der Waals surface area (Å²) in [5.41, 5.74) is 1.65. The van der Waals surface area contributed by atoms with Crippen LogP contribution in [0.2, 0.25) is 4.34 Å². The van der Waals surface area contributed by atoms with Crippen LogP contribution in [-0.4, -0.2) is 14.3 Å². The van der Waals surface area contributed by atoms with Crippen LogP contribution in [0.1, 0.15) is 15.9 Å². The molecule has 0 aliphatic carbocycles. The molecule has 0 spiro atoms. The van der Waals surface area contributed by atoms with E-state index in [1.165, 1.54) is 18.2 Å². The Labute approximate surface area is 160 Å². The van der Waals surface area contributed by atoms with Gasteiger partial charge in [-0.1, -0.05) is 48.0 Å². The average molecular weight is 407 g/mol. The van der Waals surface area contributed by atoms with Crippen LogP contribution in [0, 0.1) is 0 Å². The molecule has 0 radical (unpaired) electrons. The number of amides is 1. The van der Waals surface area contributed by atoms with Crippen molar-refractivity contribution in [1.82, 2.24) is 5.32 Å². The number of halogens is 1. The summed E-state index contributed by atoms with van der Waals surface area (Å²) in [6.45, 7) is 0.392. The third kappa shape index (κ3) is 4.63. The zero-order valence-corrected chi connectivity index (χ0v) is 15.9. The van der Waals surface area contributed by atoms with Crippen LogP contribution in [-0.2, 0) is 16.6 Å². The zero-order valence-electron chi connectivity index (χ0n) is 13.5. The van der Waals surface area contributed by atoms with E-state index < -0.39 is 10.0 Å². The summed E-state index contributed by atoms with van der Waals surface area (Å²) in [6, 6.07) is 18.8. The van der Waals surface area contributed by atoms with E-state index in [9.17, 15) is 13.2 Å². The summed E-state index contributed by atoms with van der Waals surface area (Å²) in [7, 11) is -3.74. The van der Waals surface area contributed by atoms with Crippen LogP contribution >= 0.6 is 22.9 Å². The molecule has 0 fully saturated rings. The van der Waals surface area contributed by atoms with Gasteiger partial charge < -0.3 is 5.32 Å². The first kappa shape index (κ1) is 18.4. The Kier molecular flexibility index (Phi) is 5.61. The van der Waals surface area contributed by atoms with Crippen molar-refractivity contribution in [3.63, 3.8) is 0 Å². The second kappa shape index (κ2) is 7.90. The number of hydrogen-bond acceptors (Lipinski definition) is 4. The van der Waals surface area contributed by atoms with E-state index in [-0.39, 0.29) is 10.1 Å². The lowest BCUT2D eigenvalue weighted by molar-refractivity contribution is 0.0951. The van der Waals surface area contributed by atoms with Crippen LogP contribution in [0.3, 0.4) is 0 Å². The highest BCUT2D eigenvalue weighted by molar-refractivity contribution is 7.94. The molecule has 0 aliphatic heterocycles. The monoisotopic (exact) mass is 406 g/mol. The molecule has 3 rings (SSSR count). The first-order chi connectivity index (χ1) is 12.4. The van der Waals surface area contributed by atoms with Gasteiger partial charge in [0.25, 0.3) is 15.9 Å². The lowest BCUT2D eigenvalue weighted by Crippen LogP contribution is -2.23. The van der Waals surface area contributed by atoms with Gasteiger partial charge in [0.2, 0.25) is 0 Å². The van der Waals surface area contributed by atoms with Gasteiger partial charge in [-0.05, 0) is 35.9 Å². The van der Waals surface area contributed by atoms with E-state index in [0.717, 1.165) is 16.9 Å². The second-order valence-corrected chi connectivity index (χ2v) is 9.04. The van der Waals surface area contributed by atoms with Gasteiger partial charge in [-0.2, -0.15) is 0 Å². The van der Waals surface area contributed by atoms with Crippen molar-refractivity contribution in [3.05, 3.63) is 82.2 Å². The molecule has 26 heavy (non-hydrogen) atoms. The predicted molar refractivity (Wildman–Crippen MR) is 104 cm³/mol. The maximum Gasteiger partial charge on any atom is 0.271 e. The van der Waals surface area contributed by atoms with Crippen LogP contribution in [0.5, 0.6) is 0 Å². The molecule has 8 heteroatoms. The first-order valence-electron chi connectivity index (χ1n) is 7.64. The van der Waals surface area contributed by atoms with Crippen molar-refractivity contribution >= 4 is 44.6 Å². The minimum atomic E-state index is -3.74. The van der Waals surface area contributed by atoms with E-state index in [0.29, 0.717) is 22.1 Å². The van der Waals surface area contributed by atoms with Gasteiger partial charge >= 0.3 is 0 Å². The Balaban J connectivity index is 1.70. The SMILES string of the molecule is O=C(NCc1ccccc1)c1cccc(NS(=O)(=O)c2ccc(Cl)s2)c1. The van der Waals surface area contributed by atoms with Crippen molar-refractivity contribution in [1.29, 1.82) is 0 Å². The number of nitrogens with one attached hydrogen (secondary N) is 2. The molecular formula is C18H15ClN2O3S2. The zero-order chi connectivity index (χ0) is 18.6. The Morgan fingerprint density at radius 1 is 1.00 bits per heavy atom. The molecule has 0 unspecified atom stereocenters. The lowest BCUT2D eigenvalue weighted by Gasteiger charge is -2.09. The molecule has 0 atom stereocenters. The van der Waals surface area contributed by atoms with Crippen LogP contribution in [0.4, 0.5) is 5.69 Å². The van der Waals surface area contributed by atoms with Crippen molar-refractivity contribution < 1.29 is 13.2 Å². The van der Waals surface area contributed by atoms with Gasteiger partial charge in [-0.3, -0.25) is 9.52 Å². The quantitative estimate of drug-likeness (QED) is 0.646. The third-order valence-electron chi connectivity index (χ3n) is 3.49. The molecule has 3 aromatic rings. The number of benzene rings is 2. The summed E-state index contributed by atoms with van der Waals surface area (Å²) in [6.07, 6.45) is 0. The van der Waals surface area contributed by atoms with Crippen molar-refractivity contribution in [2.45, 2.75) is 10.8 Å². The van der Waals surface area contributed by atoms with Gasteiger partial charge in [0, 0.05) is 17.8 Å². The van der Waals surface area contributed by atoms with Gasteiger partial charge in [-0.15, -0.1) is 11.3 Å². The second-order valence-electron chi connectivity index (χ2n) is 5.41. The van der Waals surface area contributed by atoms with Crippen molar-refractivity contribution in [3.8, 4) is 0 Å². The molecule has 1 aromatic heterocycles. The molecule has 134 valence electrons. The minimum absolute atomic E-state index is 0.112. The standard InChI is InChI=1S/C18H15ClN2O3S2/c19-16-9-10-17(25-16)26(23,24)21-15-8-4-7-14(11-15)18(22)20-12-13-5-2-1-3-6-13/h1-11,21H,12H2,(H,20,22). The molecule has 2 aromatic carbocycles. The predicted octanol–water partition coefficient (Wildman–Crippen LogP) is 4.13. The molecule has 2 N–H and O–H groups in total. The Hall–Kier alpha value is -2.35. The van der Waals surface area contributed by atoms with Crippen LogP contribution in [0.15, 0.2) is 70.9 Å². The lowest BCUT2D eigenvalue weighted by atomic mass is 10.2. The molecule has 0 saturated carbocycles. The third-order valence-corrected chi connectivity index (χ3v) is 6.59. The average Bonchev–Trinajstić information content (AvgIpc) is 3.08. The Morgan fingerprint density at radius 2 is 1.77 bits per heavy atom. The van der Waals surface area contributed by atoms with Crippen LogP contribution < -0.4 is 10.0 Å². The Morgan fingerprint density at radius 3 is 2.46 bits per heavy atom. The fourth-order valence-corrected chi connectivity index (χ4v) is 4.78. The molecule has 0 aliphatic rings. The van der Waals surface area contributed by atoms with Crippen LogP contribution in [0.25, 0.3) is 0 Å². The van der Waals surface area contributed by atoms with Crippen molar-refractivity contribution in [2.24, 2.45) is 0 Å². The molecule has 0 saturated heterocycles. The first-order valence-corrected chi connectivity index (χ1v) is 10.3. The molecule has 5 nitrogen and oxygen atoms in total. The largest absolute Gasteiger partial charge is 0.348 e.